The van der Waals surface area contributed by atoms with Gasteiger partial charge in [0.2, 0.25) is 0 Å². The maximum atomic E-state index is 12.0. The minimum atomic E-state index is -0.649. The summed E-state index contributed by atoms with van der Waals surface area (Å²) in [6.07, 6.45) is 0. The molecule has 0 spiro atoms. The summed E-state index contributed by atoms with van der Waals surface area (Å²) >= 11 is 0. The van der Waals surface area contributed by atoms with Gasteiger partial charge in [-0.05, 0) is 6.92 Å². The summed E-state index contributed by atoms with van der Waals surface area (Å²) < 4.78 is 10.0. The number of amides is 1. The first-order valence-electron chi connectivity index (χ1n) is 5.85. The molecule has 0 fully saturated rings. The number of nitro groups is 1. The standard InChI is InChI=1S/C12H17N3O5/c1-7(6-13)14-12(16)8-4-10(19-2)11(20-3)5-9(8)15(17)18/h4-5,7H,6,13H2,1-3H3,(H,14,16)/t7-/m0/s1. The highest BCUT2D eigenvalue weighted by Crippen LogP contribution is 2.34. The second-order valence-electron chi connectivity index (χ2n) is 4.09. The molecule has 110 valence electrons. The lowest BCUT2D eigenvalue weighted by Crippen LogP contribution is -2.38. The fourth-order valence-electron chi connectivity index (χ4n) is 1.56. The van der Waals surface area contributed by atoms with E-state index in [0.717, 1.165) is 6.07 Å². The number of hydrogen-bond acceptors (Lipinski definition) is 6. The van der Waals surface area contributed by atoms with Gasteiger partial charge in [-0.1, -0.05) is 0 Å². The minimum absolute atomic E-state index is 0.104. The number of rotatable bonds is 6. The molecule has 0 heterocycles. The third-order valence-electron chi connectivity index (χ3n) is 2.67. The summed E-state index contributed by atoms with van der Waals surface area (Å²) in [5.74, 6) is -0.165. The van der Waals surface area contributed by atoms with Crippen molar-refractivity contribution in [2.24, 2.45) is 5.73 Å². The fraction of sp³-hybridized carbons (Fsp3) is 0.417. The van der Waals surface area contributed by atoms with Gasteiger partial charge in [0.05, 0.1) is 25.2 Å². The largest absolute Gasteiger partial charge is 0.493 e. The van der Waals surface area contributed by atoms with E-state index in [1.807, 2.05) is 0 Å². The number of nitro benzene ring substituents is 1. The lowest BCUT2D eigenvalue weighted by Gasteiger charge is -2.13. The van der Waals surface area contributed by atoms with Gasteiger partial charge in [0.1, 0.15) is 5.56 Å². The molecule has 1 atom stereocenters. The summed E-state index contributed by atoms with van der Waals surface area (Å²) in [7, 11) is 2.74. The zero-order valence-corrected chi connectivity index (χ0v) is 11.5. The molecule has 0 bridgehead atoms. The van der Waals surface area contributed by atoms with Gasteiger partial charge in [0.15, 0.2) is 11.5 Å². The molecule has 1 aromatic carbocycles. The van der Waals surface area contributed by atoms with Gasteiger partial charge in [-0.2, -0.15) is 0 Å². The molecule has 0 aliphatic rings. The smallest absolute Gasteiger partial charge is 0.286 e. The third kappa shape index (κ3) is 3.35. The average Bonchev–Trinajstić information content (AvgIpc) is 2.45. The van der Waals surface area contributed by atoms with Crippen LogP contribution in [0.15, 0.2) is 12.1 Å². The monoisotopic (exact) mass is 283 g/mol. The molecule has 3 N–H and O–H groups in total. The average molecular weight is 283 g/mol. The number of nitrogens with one attached hydrogen (secondary N) is 1. The van der Waals surface area contributed by atoms with Crippen molar-refractivity contribution in [1.82, 2.24) is 5.32 Å². The van der Waals surface area contributed by atoms with E-state index < -0.39 is 10.8 Å². The highest BCUT2D eigenvalue weighted by molar-refractivity contribution is 5.99. The van der Waals surface area contributed by atoms with Gasteiger partial charge >= 0.3 is 0 Å². The normalized spacial score (nSPS) is 11.6. The number of nitrogens with two attached hydrogens (primary N) is 1. The first kappa shape index (κ1) is 15.7. The molecule has 0 radical (unpaired) electrons. The van der Waals surface area contributed by atoms with E-state index in [0.29, 0.717) is 0 Å². The molecule has 20 heavy (non-hydrogen) atoms. The van der Waals surface area contributed by atoms with Crippen molar-refractivity contribution in [2.45, 2.75) is 13.0 Å². The molecule has 0 aliphatic carbocycles. The van der Waals surface area contributed by atoms with Gasteiger partial charge in [-0.25, -0.2) is 0 Å². The Kier molecular flexibility index (Phi) is 5.27. The molecule has 1 amide bonds. The Morgan fingerprint density at radius 2 is 1.95 bits per heavy atom. The van der Waals surface area contributed by atoms with Crippen LogP contribution < -0.4 is 20.5 Å². The van der Waals surface area contributed by atoms with Crippen LogP contribution in [0.4, 0.5) is 5.69 Å². The molecule has 0 aliphatic heterocycles. The predicted octanol–water partition coefficient (Wildman–Crippen LogP) is 0.689. The molecule has 8 heteroatoms. The van der Waals surface area contributed by atoms with Gasteiger partial charge in [-0.3, -0.25) is 14.9 Å². The quantitative estimate of drug-likeness (QED) is 0.586. The van der Waals surface area contributed by atoms with E-state index in [-0.39, 0.29) is 35.3 Å². The van der Waals surface area contributed by atoms with Crippen molar-refractivity contribution in [3.8, 4) is 11.5 Å². The first-order chi connectivity index (χ1) is 9.44. The number of ether oxygens (including phenoxy) is 2. The molecule has 8 nitrogen and oxygen atoms in total. The minimum Gasteiger partial charge on any atom is -0.493 e. The summed E-state index contributed by atoms with van der Waals surface area (Å²) in [5.41, 5.74) is 4.94. The zero-order valence-electron chi connectivity index (χ0n) is 11.5. The predicted molar refractivity (Wildman–Crippen MR) is 72.2 cm³/mol. The van der Waals surface area contributed by atoms with Crippen LogP contribution in [-0.4, -0.2) is 37.6 Å². The Bertz CT molecular complexity index is 518. The molecule has 1 aromatic rings. The van der Waals surface area contributed by atoms with Gasteiger partial charge in [0, 0.05) is 18.7 Å². The zero-order chi connectivity index (χ0) is 15.3. The van der Waals surface area contributed by atoms with Gasteiger partial charge in [-0.15, -0.1) is 0 Å². The molecule has 0 unspecified atom stereocenters. The second kappa shape index (κ2) is 6.71. The number of hydrogen-bond donors (Lipinski definition) is 2. The Morgan fingerprint density at radius 1 is 1.40 bits per heavy atom. The lowest BCUT2D eigenvalue weighted by atomic mass is 10.1. The molecular formula is C12H17N3O5. The van der Waals surface area contributed by atoms with Crippen molar-refractivity contribution in [2.75, 3.05) is 20.8 Å². The number of nitrogens with zero attached hydrogens (tertiary/aromatic N) is 1. The summed E-state index contributed by atoms with van der Waals surface area (Å²) in [5, 5.41) is 13.6. The van der Waals surface area contributed by atoms with Crippen LogP contribution in [0.3, 0.4) is 0 Å². The van der Waals surface area contributed by atoms with E-state index in [1.165, 1.54) is 20.3 Å². The second-order valence-corrected chi connectivity index (χ2v) is 4.09. The van der Waals surface area contributed by atoms with Crippen LogP contribution in [0.1, 0.15) is 17.3 Å². The summed E-state index contributed by atoms with van der Waals surface area (Å²) in [6.45, 7) is 1.93. The van der Waals surface area contributed by atoms with Crippen LogP contribution in [0.5, 0.6) is 11.5 Å². The maximum Gasteiger partial charge on any atom is 0.286 e. The Morgan fingerprint density at radius 3 is 2.40 bits per heavy atom. The lowest BCUT2D eigenvalue weighted by molar-refractivity contribution is -0.385. The SMILES string of the molecule is COc1cc(C(=O)N[C@@H](C)CN)c([N+](=O)[O-])cc1OC. The Balaban J connectivity index is 3.28. The van der Waals surface area contributed by atoms with Crippen LogP contribution in [0, 0.1) is 10.1 Å². The molecule has 0 saturated heterocycles. The number of methoxy groups -OCH3 is 2. The number of carbonyl (C=O) groups is 1. The van der Waals surface area contributed by atoms with Gasteiger partial charge < -0.3 is 20.5 Å². The van der Waals surface area contributed by atoms with Crippen LogP contribution in [0.2, 0.25) is 0 Å². The topological polar surface area (TPSA) is 117 Å². The van der Waals surface area contributed by atoms with E-state index in [9.17, 15) is 14.9 Å². The summed E-state index contributed by atoms with van der Waals surface area (Å²) in [4.78, 5) is 22.4. The van der Waals surface area contributed by atoms with E-state index >= 15 is 0 Å². The maximum absolute atomic E-state index is 12.0. The molecule has 0 saturated carbocycles. The molecule has 1 rings (SSSR count). The van der Waals surface area contributed by atoms with Crippen molar-refractivity contribution < 1.29 is 19.2 Å². The van der Waals surface area contributed by atoms with Crippen molar-refractivity contribution in [1.29, 1.82) is 0 Å². The molecule has 0 aromatic heterocycles. The molecular weight excluding hydrogens is 266 g/mol. The van der Waals surface area contributed by atoms with Crippen LogP contribution in [-0.2, 0) is 0 Å². The van der Waals surface area contributed by atoms with Crippen molar-refractivity contribution in [3.05, 3.63) is 27.8 Å². The van der Waals surface area contributed by atoms with E-state index in [1.54, 1.807) is 6.92 Å². The van der Waals surface area contributed by atoms with Crippen LogP contribution in [0.25, 0.3) is 0 Å². The Labute approximate surface area is 116 Å². The van der Waals surface area contributed by atoms with Gasteiger partial charge in [0.25, 0.3) is 11.6 Å². The fourth-order valence-corrected chi connectivity index (χ4v) is 1.56. The number of carbonyl (C=O) groups excluding carboxylic acids is 1. The van der Waals surface area contributed by atoms with Crippen molar-refractivity contribution in [3.63, 3.8) is 0 Å². The van der Waals surface area contributed by atoms with Crippen molar-refractivity contribution >= 4 is 11.6 Å². The summed E-state index contributed by atoms with van der Waals surface area (Å²) in [6, 6.07) is 2.13. The highest BCUT2D eigenvalue weighted by Gasteiger charge is 2.25. The highest BCUT2D eigenvalue weighted by atomic mass is 16.6. The van der Waals surface area contributed by atoms with Crippen LogP contribution >= 0.6 is 0 Å². The van der Waals surface area contributed by atoms with E-state index in [4.69, 9.17) is 15.2 Å². The Hall–Kier alpha value is -2.35. The third-order valence-corrected chi connectivity index (χ3v) is 2.67. The van der Waals surface area contributed by atoms with E-state index in [2.05, 4.69) is 5.32 Å². The first-order valence-corrected chi connectivity index (χ1v) is 5.85. The number of benzene rings is 1.